The van der Waals surface area contributed by atoms with Crippen LogP contribution in [0, 0.1) is 0 Å². The van der Waals surface area contributed by atoms with E-state index in [1.807, 2.05) is 25.1 Å². The second-order valence-electron chi connectivity index (χ2n) is 6.07. The fraction of sp³-hybridized carbons (Fsp3) is 0.529. The third kappa shape index (κ3) is 4.23. The smallest absolute Gasteiger partial charge is 0.312 e. The van der Waals surface area contributed by atoms with Gasteiger partial charge in [-0.2, -0.15) is 0 Å². The van der Waals surface area contributed by atoms with E-state index in [-0.39, 0.29) is 11.3 Å². The van der Waals surface area contributed by atoms with Crippen molar-refractivity contribution in [1.82, 2.24) is 10.6 Å². The van der Waals surface area contributed by atoms with Crippen LogP contribution in [0.25, 0.3) is 0 Å². The van der Waals surface area contributed by atoms with Gasteiger partial charge in [-0.05, 0) is 24.8 Å². The van der Waals surface area contributed by atoms with Crippen LogP contribution >= 0.6 is 0 Å². The summed E-state index contributed by atoms with van der Waals surface area (Å²) in [5.41, 5.74) is 6.49. The van der Waals surface area contributed by atoms with Crippen LogP contribution in [0.5, 0.6) is 0 Å². The molecule has 1 aromatic carbocycles. The highest BCUT2D eigenvalue weighted by molar-refractivity contribution is 5.86. The van der Waals surface area contributed by atoms with Crippen LogP contribution in [-0.4, -0.2) is 24.5 Å². The molecule has 1 saturated carbocycles. The van der Waals surface area contributed by atoms with Crippen molar-refractivity contribution < 1.29 is 9.59 Å². The highest BCUT2D eigenvalue weighted by atomic mass is 16.2. The van der Waals surface area contributed by atoms with E-state index in [1.54, 1.807) is 0 Å². The molecule has 2 rings (SSSR count). The zero-order valence-corrected chi connectivity index (χ0v) is 13.1. The van der Waals surface area contributed by atoms with Crippen molar-refractivity contribution >= 4 is 11.9 Å². The SMILES string of the molecule is CCCC[C@H](NC(N)=O)C(=O)NCC1(c2ccccc2)CC1. The summed E-state index contributed by atoms with van der Waals surface area (Å²) < 4.78 is 0. The van der Waals surface area contributed by atoms with Gasteiger partial charge in [0.05, 0.1) is 0 Å². The quantitative estimate of drug-likeness (QED) is 0.687. The van der Waals surface area contributed by atoms with Crippen LogP contribution in [0.15, 0.2) is 30.3 Å². The monoisotopic (exact) mass is 303 g/mol. The minimum atomic E-state index is -0.652. The first-order valence-corrected chi connectivity index (χ1v) is 7.96. The summed E-state index contributed by atoms with van der Waals surface area (Å²) in [6.45, 7) is 2.66. The first-order valence-electron chi connectivity index (χ1n) is 7.96. The molecule has 120 valence electrons. The Bertz CT molecular complexity index is 512. The van der Waals surface area contributed by atoms with Gasteiger partial charge in [-0.15, -0.1) is 0 Å². The number of nitrogens with two attached hydrogens (primary N) is 1. The number of amides is 3. The van der Waals surface area contributed by atoms with E-state index < -0.39 is 12.1 Å². The van der Waals surface area contributed by atoms with Crippen molar-refractivity contribution in [3.05, 3.63) is 35.9 Å². The minimum Gasteiger partial charge on any atom is -0.353 e. The second kappa shape index (κ2) is 7.29. The predicted molar refractivity (Wildman–Crippen MR) is 86.4 cm³/mol. The molecule has 0 heterocycles. The summed E-state index contributed by atoms with van der Waals surface area (Å²) >= 11 is 0. The third-order valence-corrected chi connectivity index (χ3v) is 4.32. The third-order valence-electron chi connectivity index (χ3n) is 4.32. The molecule has 0 unspecified atom stereocenters. The molecule has 1 atom stereocenters. The Hall–Kier alpha value is -2.04. The molecule has 5 heteroatoms. The lowest BCUT2D eigenvalue weighted by Gasteiger charge is -2.21. The van der Waals surface area contributed by atoms with Crippen LogP contribution in [0.1, 0.15) is 44.6 Å². The standard InChI is InChI=1S/C17H25N3O2/c1-2-3-9-14(20-16(18)22)15(21)19-12-17(10-11-17)13-7-5-4-6-8-13/h4-8,14H,2-3,9-12H2,1H3,(H,19,21)(H3,18,20,22)/t14-/m0/s1. The molecular formula is C17H25N3O2. The lowest BCUT2D eigenvalue weighted by atomic mass is 9.96. The fourth-order valence-electron chi connectivity index (χ4n) is 2.74. The average Bonchev–Trinajstić information content (AvgIpc) is 3.31. The summed E-state index contributed by atoms with van der Waals surface area (Å²) in [7, 11) is 0. The number of nitrogens with one attached hydrogen (secondary N) is 2. The molecule has 1 fully saturated rings. The molecule has 1 aliphatic carbocycles. The molecule has 0 spiro atoms. The molecule has 0 bridgehead atoms. The maximum absolute atomic E-state index is 12.3. The van der Waals surface area contributed by atoms with Crippen molar-refractivity contribution in [2.45, 2.75) is 50.5 Å². The van der Waals surface area contributed by atoms with Crippen LogP contribution in [0.3, 0.4) is 0 Å². The molecule has 22 heavy (non-hydrogen) atoms. The number of carbonyl (C=O) groups excluding carboxylic acids is 2. The minimum absolute atomic E-state index is 0.0684. The molecule has 1 aliphatic rings. The molecule has 0 radical (unpaired) electrons. The first kappa shape index (κ1) is 16.3. The van der Waals surface area contributed by atoms with Gasteiger partial charge >= 0.3 is 6.03 Å². The Kier molecular flexibility index (Phi) is 5.41. The van der Waals surface area contributed by atoms with Crippen molar-refractivity contribution in [2.24, 2.45) is 5.73 Å². The van der Waals surface area contributed by atoms with Crippen molar-refractivity contribution in [3.8, 4) is 0 Å². The number of carbonyl (C=O) groups is 2. The van der Waals surface area contributed by atoms with Gasteiger partial charge in [0.25, 0.3) is 0 Å². The van der Waals surface area contributed by atoms with Crippen LogP contribution in [0.2, 0.25) is 0 Å². The molecule has 0 aromatic heterocycles. The second-order valence-corrected chi connectivity index (χ2v) is 6.07. The summed E-state index contributed by atoms with van der Waals surface area (Å²) in [5.74, 6) is -0.144. The number of urea groups is 1. The van der Waals surface area contributed by atoms with Gasteiger partial charge in [0.15, 0.2) is 0 Å². The lowest BCUT2D eigenvalue weighted by Crippen LogP contribution is -2.49. The topological polar surface area (TPSA) is 84.2 Å². The number of benzene rings is 1. The molecule has 0 saturated heterocycles. The van der Waals surface area contributed by atoms with Gasteiger partial charge in [0.1, 0.15) is 6.04 Å². The van der Waals surface area contributed by atoms with E-state index in [1.165, 1.54) is 5.56 Å². The summed E-state index contributed by atoms with van der Waals surface area (Å²) in [6, 6.07) is 9.07. The molecule has 4 N–H and O–H groups in total. The van der Waals surface area contributed by atoms with Gasteiger partial charge in [0.2, 0.25) is 5.91 Å². The maximum Gasteiger partial charge on any atom is 0.312 e. The Labute approximate surface area is 131 Å². The molecule has 3 amide bonds. The Morgan fingerprint density at radius 1 is 1.27 bits per heavy atom. The number of hydrogen-bond donors (Lipinski definition) is 3. The van der Waals surface area contributed by atoms with E-state index in [9.17, 15) is 9.59 Å². The first-order chi connectivity index (χ1) is 10.6. The van der Waals surface area contributed by atoms with Crippen LogP contribution in [-0.2, 0) is 10.2 Å². The predicted octanol–water partition coefficient (Wildman–Crippen LogP) is 2.06. The fourth-order valence-corrected chi connectivity index (χ4v) is 2.74. The number of hydrogen-bond acceptors (Lipinski definition) is 2. The van der Waals surface area contributed by atoms with E-state index in [4.69, 9.17) is 5.73 Å². The van der Waals surface area contributed by atoms with E-state index in [0.29, 0.717) is 13.0 Å². The lowest BCUT2D eigenvalue weighted by molar-refractivity contribution is -0.123. The van der Waals surface area contributed by atoms with Crippen LogP contribution in [0.4, 0.5) is 4.79 Å². The highest BCUT2D eigenvalue weighted by Gasteiger charge is 2.44. The largest absolute Gasteiger partial charge is 0.353 e. The van der Waals surface area contributed by atoms with Gasteiger partial charge in [0, 0.05) is 12.0 Å². The number of unbranched alkanes of at least 4 members (excludes halogenated alkanes) is 1. The van der Waals surface area contributed by atoms with Crippen LogP contribution < -0.4 is 16.4 Å². The summed E-state index contributed by atoms with van der Waals surface area (Å²) in [6.07, 6.45) is 4.63. The average molecular weight is 303 g/mol. The zero-order valence-electron chi connectivity index (χ0n) is 13.1. The van der Waals surface area contributed by atoms with Gasteiger partial charge in [-0.3, -0.25) is 4.79 Å². The normalized spacial score (nSPS) is 16.6. The van der Waals surface area contributed by atoms with E-state index in [2.05, 4.69) is 22.8 Å². The van der Waals surface area contributed by atoms with Crippen molar-refractivity contribution in [2.75, 3.05) is 6.54 Å². The molecule has 5 nitrogen and oxygen atoms in total. The number of rotatable bonds is 8. The van der Waals surface area contributed by atoms with Gasteiger partial charge in [-0.25, -0.2) is 4.79 Å². The molecule has 1 aromatic rings. The van der Waals surface area contributed by atoms with Gasteiger partial charge in [-0.1, -0.05) is 50.1 Å². The van der Waals surface area contributed by atoms with Crippen molar-refractivity contribution in [3.63, 3.8) is 0 Å². The van der Waals surface area contributed by atoms with E-state index >= 15 is 0 Å². The summed E-state index contributed by atoms with van der Waals surface area (Å²) in [4.78, 5) is 23.4. The molecular weight excluding hydrogens is 278 g/mol. The summed E-state index contributed by atoms with van der Waals surface area (Å²) in [5, 5.41) is 5.53. The maximum atomic E-state index is 12.3. The van der Waals surface area contributed by atoms with Crippen molar-refractivity contribution in [1.29, 1.82) is 0 Å². The number of primary amides is 1. The Morgan fingerprint density at radius 2 is 1.95 bits per heavy atom. The van der Waals surface area contributed by atoms with E-state index in [0.717, 1.165) is 25.7 Å². The highest BCUT2D eigenvalue weighted by Crippen LogP contribution is 2.47. The molecule has 0 aliphatic heterocycles. The Morgan fingerprint density at radius 3 is 2.50 bits per heavy atom. The Balaban J connectivity index is 1.91. The zero-order chi connectivity index (χ0) is 16.0. The van der Waals surface area contributed by atoms with Gasteiger partial charge < -0.3 is 16.4 Å².